The Morgan fingerprint density at radius 2 is 2.14 bits per heavy atom. The SMILES string of the molecule is CNc1c(C)cnc2ccc(Br)cc12. The lowest BCUT2D eigenvalue weighted by Crippen LogP contribution is -1.94. The Labute approximate surface area is 91.5 Å². The predicted molar refractivity (Wildman–Crippen MR) is 63.7 cm³/mol. The van der Waals surface area contributed by atoms with Gasteiger partial charge >= 0.3 is 0 Å². The molecule has 1 N–H and O–H groups in total. The van der Waals surface area contributed by atoms with Gasteiger partial charge in [-0.3, -0.25) is 4.98 Å². The van der Waals surface area contributed by atoms with E-state index in [9.17, 15) is 0 Å². The lowest BCUT2D eigenvalue weighted by molar-refractivity contribution is 1.31. The smallest absolute Gasteiger partial charge is 0.0723 e. The lowest BCUT2D eigenvalue weighted by atomic mass is 10.1. The Morgan fingerprint density at radius 3 is 2.86 bits per heavy atom. The first-order valence-electron chi connectivity index (χ1n) is 4.45. The average Bonchev–Trinajstić information content (AvgIpc) is 2.17. The number of hydrogen-bond donors (Lipinski definition) is 1. The number of rotatable bonds is 1. The van der Waals surface area contributed by atoms with E-state index in [1.165, 1.54) is 0 Å². The van der Waals surface area contributed by atoms with Crippen LogP contribution in [-0.4, -0.2) is 12.0 Å². The van der Waals surface area contributed by atoms with Crippen molar-refractivity contribution in [1.82, 2.24) is 4.98 Å². The van der Waals surface area contributed by atoms with E-state index in [2.05, 4.69) is 39.2 Å². The van der Waals surface area contributed by atoms with E-state index < -0.39 is 0 Å². The fourth-order valence-corrected chi connectivity index (χ4v) is 1.96. The fourth-order valence-electron chi connectivity index (χ4n) is 1.60. The molecule has 0 saturated heterocycles. The number of aromatic nitrogens is 1. The number of nitrogens with one attached hydrogen (secondary N) is 1. The van der Waals surface area contributed by atoms with Crippen molar-refractivity contribution in [3.63, 3.8) is 0 Å². The van der Waals surface area contributed by atoms with Gasteiger partial charge < -0.3 is 5.32 Å². The highest BCUT2D eigenvalue weighted by molar-refractivity contribution is 9.10. The minimum atomic E-state index is 1.02. The molecule has 0 aliphatic rings. The standard InChI is InChI=1S/C11H11BrN2/c1-7-6-14-10-4-3-8(12)5-9(10)11(7)13-2/h3-6H,1-2H3,(H,13,14). The Kier molecular flexibility index (Phi) is 2.42. The quantitative estimate of drug-likeness (QED) is 0.840. The van der Waals surface area contributed by atoms with Gasteiger partial charge in [0.25, 0.3) is 0 Å². The van der Waals surface area contributed by atoms with Gasteiger partial charge in [0.1, 0.15) is 0 Å². The molecule has 0 radical (unpaired) electrons. The molecule has 3 heteroatoms. The van der Waals surface area contributed by atoms with Crippen LogP contribution in [0.15, 0.2) is 28.9 Å². The van der Waals surface area contributed by atoms with Crippen molar-refractivity contribution in [3.05, 3.63) is 34.4 Å². The zero-order chi connectivity index (χ0) is 10.1. The summed E-state index contributed by atoms with van der Waals surface area (Å²) >= 11 is 3.46. The van der Waals surface area contributed by atoms with Crippen molar-refractivity contribution in [2.45, 2.75) is 6.92 Å². The maximum Gasteiger partial charge on any atom is 0.0723 e. The second kappa shape index (κ2) is 3.58. The van der Waals surface area contributed by atoms with Gasteiger partial charge in [-0.2, -0.15) is 0 Å². The van der Waals surface area contributed by atoms with Crippen molar-refractivity contribution in [2.24, 2.45) is 0 Å². The van der Waals surface area contributed by atoms with Crippen molar-refractivity contribution in [1.29, 1.82) is 0 Å². The highest BCUT2D eigenvalue weighted by Gasteiger charge is 2.04. The fraction of sp³-hybridized carbons (Fsp3) is 0.182. The van der Waals surface area contributed by atoms with Crippen LogP contribution in [0.2, 0.25) is 0 Å². The second-order valence-corrected chi connectivity index (χ2v) is 4.14. The molecule has 0 aliphatic carbocycles. The summed E-state index contributed by atoms with van der Waals surface area (Å²) in [5.41, 5.74) is 3.33. The minimum absolute atomic E-state index is 1.02. The minimum Gasteiger partial charge on any atom is -0.387 e. The summed E-state index contributed by atoms with van der Waals surface area (Å²) in [5.74, 6) is 0. The van der Waals surface area contributed by atoms with Crippen LogP contribution in [0.5, 0.6) is 0 Å². The molecule has 2 aromatic rings. The van der Waals surface area contributed by atoms with Crippen LogP contribution < -0.4 is 5.32 Å². The van der Waals surface area contributed by atoms with Crippen LogP contribution in [0.4, 0.5) is 5.69 Å². The molecule has 0 aliphatic heterocycles. The second-order valence-electron chi connectivity index (χ2n) is 3.23. The normalized spacial score (nSPS) is 10.5. The number of anilines is 1. The zero-order valence-electron chi connectivity index (χ0n) is 8.13. The van der Waals surface area contributed by atoms with Crippen molar-refractivity contribution >= 4 is 32.5 Å². The number of benzene rings is 1. The van der Waals surface area contributed by atoms with E-state index in [0.29, 0.717) is 0 Å². The molecule has 0 bridgehead atoms. The first kappa shape index (κ1) is 9.46. The van der Waals surface area contributed by atoms with Gasteiger partial charge in [0.15, 0.2) is 0 Å². The summed E-state index contributed by atoms with van der Waals surface area (Å²) in [7, 11) is 1.93. The van der Waals surface area contributed by atoms with Crippen LogP contribution in [0.3, 0.4) is 0 Å². The number of pyridine rings is 1. The number of fused-ring (bicyclic) bond motifs is 1. The van der Waals surface area contributed by atoms with Crippen LogP contribution in [-0.2, 0) is 0 Å². The Hall–Kier alpha value is -1.09. The van der Waals surface area contributed by atoms with Gasteiger partial charge in [-0.25, -0.2) is 0 Å². The zero-order valence-corrected chi connectivity index (χ0v) is 9.72. The molecule has 14 heavy (non-hydrogen) atoms. The van der Waals surface area contributed by atoms with Crippen LogP contribution in [0, 0.1) is 6.92 Å². The molecule has 0 unspecified atom stereocenters. The van der Waals surface area contributed by atoms with Crippen LogP contribution in [0.25, 0.3) is 10.9 Å². The van der Waals surface area contributed by atoms with E-state index in [4.69, 9.17) is 0 Å². The van der Waals surface area contributed by atoms with E-state index in [1.54, 1.807) is 0 Å². The molecule has 0 atom stereocenters. The maximum absolute atomic E-state index is 4.37. The van der Waals surface area contributed by atoms with E-state index >= 15 is 0 Å². The number of nitrogens with zero attached hydrogens (tertiary/aromatic N) is 1. The summed E-state index contributed by atoms with van der Waals surface area (Å²) in [6.07, 6.45) is 1.89. The number of aryl methyl sites for hydroxylation is 1. The highest BCUT2D eigenvalue weighted by Crippen LogP contribution is 2.27. The Balaban J connectivity index is 2.84. The van der Waals surface area contributed by atoms with Gasteiger partial charge in [-0.15, -0.1) is 0 Å². The molecule has 0 saturated carbocycles. The van der Waals surface area contributed by atoms with Gasteiger partial charge in [0.05, 0.1) is 5.52 Å². The molecular weight excluding hydrogens is 240 g/mol. The predicted octanol–water partition coefficient (Wildman–Crippen LogP) is 3.35. The molecule has 2 nitrogen and oxygen atoms in total. The Morgan fingerprint density at radius 1 is 1.36 bits per heavy atom. The molecule has 2 rings (SSSR count). The lowest BCUT2D eigenvalue weighted by Gasteiger charge is -2.08. The summed E-state index contributed by atoms with van der Waals surface area (Å²) in [4.78, 5) is 4.37. The molecule has 72 valence electrons. The first-order chi connectivity index (χ1) is 6.72. The van der Waals surface area contributed by atoms with Crippen LogP contribution in [0.1, 0.15) is 5.56 Å². The maximum atomic E-state index is 4.37. The number of halogens is 1. The third-order valence-electron chi connectivity index (χ3n) is 2.27. The monoisotopic (exact) mass is 250 g/mol. The number of hydrogen-bond acceptors (Lipinski definition) is 2. The van der Waals surface area contributed by atoms with Crippen molar-refractivity contribution in [2.75, 3.05) is 12.4 Å². The van der Waals surface area contributed by atoms with Gasteiger partial charge in [-0.05, 0) is 30.7 Å². The summed E-state index contributed by atoms with van der Waals surface area (Å²) in [6.45, 7) is 2.05. The summed E-state index contributed by atoms with van der Waals surface area (Å²) < 4.78 is 1.08. The average molecular weight is 251 g/mol. The van der Waals surface area contributed by atoms with Gasteiger partial charge in [-0.1, -0.05) is 15.9 Å². The van der Waals surface area contributed by atoms with Crippen molar-refractivity contribution in [3.8, 4) is 0 Å². The highest BCUT2D eigenvalue weighted by atomic mass is 79.9. The molecule has 0 spiro atoms. The molecular formula is C11H11BrN2. The molecule has 1 heterocycles. The topological polar surface area (TPSA) is 24.9 Å². The van der Waals surface area contributed by atoms with Gasteiger partial charge in [0.2, 0.25) is 0 Å². The molecule has 1 aromatic heterocycles. The molecule has 0 amide bonds. The summed E-state index contributed by atoms with van der Waals surface area (Å²) in [5, 5.41) is 4.36. The van der Waals surface area contributed by atoms with Crippen LogP contribution >= 0.6 is 15.9 Å². The van der Waals surface area contributed by atoms with E-state index in [1.807, 2.05) is 25.4 Å². The first-order valence-corrected chi connectivity index (χ1v) is 5.24. The largest absolute Gasteiger partial charge is 0.387 e. The third kappa shape index (κ3) is 1.48. The molecule has 0 fully saturated rings. The van der Waals surface area contributed by atoms with Gasteiger partial charge in [0, 0.05) is 28.8 Å². The molecule has 1 aromatic carbocycles. The summed E-state index contributed by atoms with van der Waals surface area (Å²) in [6, 6.07) is 6.10. The third-order valence-corrected chi connectivity index (χ3v) is 2.76. The van der Waals surface area contributed by atoms with Crippen molar-refractivity contribution < 1.29 is 0 Å². The van der Waals surface area contributed by atoms with E-state index in [0.717, 1.165) is 26.6 Å². The van der Waals surface area contributed by atoms with E-state index in [-0.39, 0.29) is 0 Å². The Bertz CT molecular complexity index is 475.